The molecule has 2 heterocycles. The van der Waals surface area contributed by atoms with Crippen molar-refractivity contribution >= 4 is 51.2 Å². The van der Waals surface area contributed by atoms with Crippen LogP contribution in [0.1, 0.15) is 57.2 Å². The predicted molar refractivity (Wildman–Crippen MR) is 215 cm³/mol. The van der Waals surface area contributed by atoms with Crippen LogP contribution in [0.3, 0.4) is 0 Å². The van der Waals surface area contributed by atoms with Crippen LogP contribution in [0, 0.1) is 6.92 Å². The van der Waals surface area contributed by atoms with Gasteiger partial charge in [0, 0.05) is 43.2 Å². The number of aryl methyl sites for hydroxylation is 1. The van der Waals surface area contributed by atoms with E-state index < -0.39 is 24.0 Å². The molecule has 1 aliphatic heterocycles. The van der Waals surface area contributed by atoms with E-state index in [0.717, 1.165) is 27.6 Å². The normalized spacial score (nSPS) is 13.4. The second-order valence-corrected chi connectivity index (χ2v) is 14.4. The van der Waals surface area contributed by atoms with Gasteiger partial charge in [-0.1, -0.05) is 66.7 Å². The Balaban J connectivity index is 0.00000512. The average molecular weight is 1020 g/mol. The van der Waals surface area contributed by atoms with E-state index in [1.54, 1.807) is 25.1 Å². The summed E-state index contributed by atoms with van der Waals surface area (Å²) >= 11 is 0. The summed E-state index contributed by atoms with van der Waals surface area (Å²) in [6.07, 6.45) is -0.808. The molecular formula is C44H40FmN6O7. The minimum absolute atomic E-state index is 0. The monoisotopic (exact) mass is 1020 g/mol. The standard InChI is InChI=1S/C44H40N6O7.Fm/c1-25-47-37-15-12-27-11-10-26(20-35(27)40(37)41(52)48-25)22-49(44(56)57-24-36-33-8-4-2-6-31(33)32-7-3-5-9-34(32)36)29-13-14-30-28(21-29)23-50(42(30)53)38(43(54)55)16-17-39(51)46-19-18-45;/h2-15,20-21,36,38H,16-19,22-24,45H2,1H3,(H,46,51)(H,54,55)(H,47,48,52);. The summed E-state index contributed by atoms with van der Waals surface area (Å²) in [5.41, 5.74) is 12.1. The third-order valence-electron chi connectivity index (χ3n) is 10.8. The van der Waals surface area contributed by atoms with Crippen molar-refractivity contribution in [2.24, 2.45) is 5.73 Å². The summed E-state index contributed by atoms with van der Waals surface area (Å²) < 4.78 is 6.15. The fourth-order valence-electron chi connectivity index (χ4n) is 8.07. The van der Waals surface area contributed by atoms with E-state index in [0.29, 0.717) is 44.5 Å². The smallest absolute Gasteiger partial charge is 0.414 e. The molecule has 0 bridgehead atoms. The maximum absolute atomic E-state index is 14.4. The van der Waals surface area contributed by atoms with E-state index in [1.807, 2.05) is 66.7 Å². The quantitative estimate of drug-likeness (QED) is 0.113. The zero-order valence-electron chi connectivity index (χ0n) is 31.4. The number of rotatable bonds is 12. The van der Waals surface area contributed by atoms with Crippen LogP contribution in [0.2, 0.25) is 0 Å². The third-order valence-corrected chi connectivity index (χ3v) is 10.8. The van der Waals surface area contributed by atoms with Crippen molar-refractivity contribution in [1.82, 2.24) is 20.2 Å². The molecule has 6 aromatic rings. The van der Waals surface area contributed by atoms with Crippen molar-refractivity contribution in [3.8, 4) is 11.1 Å². The molecule has 0 fully saturated rings. The summed E-state index contributed by atoms with van der Waals surface area (Å²) in [6.45, 7) is 2.33. The maximum Gasteiger partial charge on any atom is 0.414 e. The number of anilines is 1. The molecule has 14 heteroatoms. The molecule has 300 valence electrons. The molecule has 0 radical (unpaired) electrons. The third kappa shape index (κ3) is 7.05. The molecule has 13 nitrogen and oxygen atoms in total. The number of ether oxygens (including phenoxy) is 1. The largest absolute Gasteiger partial charge is 0.480 e. The van der Waals surface area contributed by atoms with Crippen LogP contribution in [-0.4, -0.2) is 69.6 Å². The van der Waals surface area contributed by atoms with E-state index in [1.165, 1.54) is 9.80 Å². The van der Waals surface area contributed by atoms with Gasteiger partial charge >= 0.3 is 12.1 Å². The number of carboxylic acid groups (broad SMARTS) is 1. The van der Waals surface area contributed by atoms with Crippen molar-refractivity contribution in [1.29, 1.82) is 0 Å². The molecule has 0 saturated carbocycles. The van der Waals surface area contributed by atoms with E-state index >= 15 is 0 Å². The van der Waals surface area contributed by atoms with Crippen LogP contribution >= 0.6 is 0 Å². The van der Waals surface area contributed by atoms with Crippen molar-refractivity contribution < 1.29 is 29.0 Å². The van der Waals surface area contributed by atoms with Gasteiger partial charge in [0.1, 0.15) is 18.5 Å². The van der Waals surface area contributed by atoms with E-state index in [4.69, 9.17) is 10.5 Å². The molecule has 1 unspecified atom stereocenters. The van der Waals surface area contributed by atoms with Crippen LogP contribution in [0.25, 0.3) is 32.8 Å². The number of carboxylic acids is 1. The van der Waals surface area contributed by atoms with Crippen molar-refractivity contribution in [2.75, 3.05) is 24.6 Å². The summed E-state index contributed by atoms with van der Waals surface area (Å²) in [4.78, 5) is 75.8. The van der Waals surface area contributed by atoms with Crippen LogP contribution < -0.4 is 21.5 Å². The first-order chi connectivity index (χ1) is 27.6. The number of hydrogen-bond donors (Lipinski definition) is 4. The number of fused-ring (bicyclic) bond motifs is 7. The molecule has 5 N–H and O–H groups in total. The Kier molecular flexibility index (Phi) is 10.4. The Bertz CT molecular complexity index is 2620. The van der Waals surface area contributed by atoms with Crippen LogP contribution in [0.15, 0.2) is 102 Å². The van der Waals surface area contributed by atoms with Gasteiger partial charge in [-0.15, -0.1) is 0 Å². The van der Waals surface area contributed by atoms with E-state index in [-0.39, 0.29) is 63.0 Å². The Hall–Kier alpha value is -7.86. The van der Waals surface area contributed by atoms with Crippen LogP contribution in [0.5, 0.6) is 0 Å². The Morgan fingerprint density at radius 3 is 2.38 bits per heavy atom. The minimum atomic E-state index is -1.25. The molecule has 58 heavy (non-hydrogen) atoms. The van der Waals surface area contributed by atoms with Crippen LogP contribution in [0.4, 0.5) is 10.5 Å². The van der Waals surface area contributed by atoms with Gasteiger partial charge in [-0.2, -0.15) is 0 Å². The summed E-state index contributed by atoms with van der Waals surface area (Å²) in [6, 6.07) is 29.2. The number of hydrogen-bond acceptors (Lipinski definition) is 8. The molecule has 0 spiro atoms. The maximum atomic E-state index is 14.4. The van der Waals surface area contributed by atoms with Gasteiger partial charge in [0.2, 0.25) is 5.91 Å². The number of nitrogens with zero attached hydrogens (tertiary/aromatic N) is 3. The number of carbonyl (C=O) groups is 4. The van der Waals surface area contributed by atoms with Crippen molar-refractivity contribution in [2.45, 2.75) is 44.8 Å². The summed E-state index contributed by atoms with van der Waals surface area (Å²) in [5.74, 6) is -1.74. The fraction of sp³-hybridized carbons (Fsp3) is 0.227. The molecule has 5 aromatic carbocycles. The van der Waals surface area contributed by atoms with Gasteiger partial charge in [-0.3, -0.25) is 19.3 Å². The molecule has 3 amide bonds. The number of nitrogens with one attached hydrogen (secondary N) is 2. The molecule has 1 atom stereocenters. The van der Waals surface area contributed by atoms with Crippen molar-refractivity contribution in [3.63, 3.8) is 0 Å². The zero-order valence-corrected chi connectivity index (χ0v) is 33.9. The van der Waals surface area contributed by atoms with Crippen molar-refractivity contribution in [3.05, 3.63) is 141 Å². The summed E-state index contributed by atoms with van der Waals surface area (Å²) in [5, 5.41) is 14.7. The second kappa shape index (κ2) is 15.7. The van der Waals surface area contributed by atoms with E-state index in [9.17, 15) is 29.1 Å². The summed E-state index contributed by atoms with van der Waals surface area (Å²) in [7, 11) is 0. The molecule has 8 rings (SSSR count). The van der Waals surface area contributed by atoms with Gasteiger partial charge in [0.25, 0.3) is 11.5 Å². The Labute approximate surface area is 327 Å². The second-order valence-electron chi connectivity index (χ2n) is 14.4. The number of aromatic amines is 1. The first kappa shape index (κ1) is 38.4. The Morgan fingerprint density at radius 2 is 1.67 bits per heavy atom. The average Bonchev–Trinajstić information content (AvgIpc) is 3.71. The van der Waals surface area contributed by atoms with Gasteiger partial charge in [-0.25, -0.2) is 14.6 Å². The molecule has 2 aliphatic rings. The number of benzene rings is 5. The molecule has 1 aromatic heterocycles. The van der Waals surface area contributed by atoms with Gasteiger partial charge in [-0.05, 0) is 87.8 Å². The van der Waals surface area contributed by atoms with Gasteiger partial charge in [0.05, 0.1) is 17.4 Å². The number of amides is 3. The number of aliphatic carboxylic acids is 1. The number of carbonyl (C=O) groups excluding carboxylic acids is 3. The molecule has 0 saturated heterocycles. The first-order valence-electron chi connectivity index (χ1n) is 18.8. The van der Waals surface area contributed by atoms with Gasteiger partial charge < -0.3 is 30.8 Å². The molecule has 1 aliphatic carbocycles. The first-order valence-corrected chi connectivity index (χ1v) is 18.8. The predicted octanol–water partition coefficient (Wildman–Crippen LogP) is 5.60. The number of H-pyrrole nitrogens is 1. The molecular weight excluding hydrogens is 982 g/mol. The Morgan fingerprint density at radius 1 is 0.966 bits per heavy atom. The number of nitrogens with two attached hydrogens (primary N) is 1. The van der Waals surface area contributed by atoms with E-state index in [2.05, 4.69) is 27.4 Å². The van der Waals surface area contributed by atoms with Crippen LogP contribution in [-0.2, 0) is 27.4 Å². The topological polar surface area (TPSA) is 188 Å². The zero-order chi connectivity index (χ0) is 39.8. The SMILES string of the molecule is Cc1nc2ccc3ccc(CN(C(=O)OCC4c5ccccc5-c5ccccc54)c4ccc5c(c4)CN(C(CCC(=O)NCCN)C(=O)O)C5=O)cc3c2c(=O)[nH]1.[Fm]. The fourth-order valence-corrected chi connectivity index (χ4v) is 8.07. The van der Waals surface area contributed by atoms with Gasteiger partial charge in [0.15, 0.2) is 0 Å². The minimum Gasteiger partial charge on any atom is -0.480 e. The number of aromatic nitrogens is 2.